The average molecular weight is 213 g/mol. The Kier molecular flexibility index (Phi) is 2.65. The van der Waals surface area contributed by atoms with Crippen LogP contribution in [-0.4, -0.2) is 5.91 Å². The van der Waals surface area contributed by atoms with Crippen LogP contribution in [0.4, 0.5) is 0 Å². The predicted octanol–water partition coefficient (Wildman–Crippen LogP) is 2.80. The fourth-order valence-corrected chi connectivity index (χ4v) is 1.90. The standard InChI is InChI=1S/C14H15NO/c1-4-12-13(10(3)14(16)15-12)11-7-5-9(2)6-8-11/h4-8H,1-3H3,(H,15,16)/b12-4+. The maximum atomic E-state index is 11.6. The first kappa shape index (κ1) is 10.7. The molecule has 1 amide bonds. The van der Waals surface area contributed by atoms with Gasteiger partial charge in [0, 0.05) is 16.8 Å². The van der Waals surface area contributed by atoms with Crippen molar-refractivity contribution < 1.29 is 4.79 Å². The molecule has 2 rings (SSSR count). The monoisotopic (exact) mass is 213 g/mol. The number of hydrogen-bond acceptors (Lipinski definition) is 1. The zero-order valence-corrected chi connectivity index (χ0v) is 9.79. The van der Waals surface area contributed by atoms with Gasteiger partial charge in [-0.1, -0.05) is 35.9 Å². The summed E-state index contributed by atoms with van der Waals surface area (Å²) in [5, 5.41) is 2.86. The van der Waals surface area contributed by atoms with E-state index in [2.05, 4.69) is 36.5 Å². The molecule has 1 aliphatic rings. The second-order valence-corrected chi connectivity index (χ2v) is 4.02. The fraction of sp³-hybridized carbons (Fsp3) is 0.214. The van der Waals surface area contributed by atoms with Gasteiger partial charge in [-0.05, 0) is 26.3 Å². The minimum Gasteiger partial charge on any atom is -0.322 e. The Labute approximate surface area is 95.7 Å². The minimum atomic E-state index is 0.00340. The Hall–Kier alpha value is -1.83. The molecule has 0 atom stereocenters. The van der Waals surface area contributed by atoms with Crippen molar-refractivity contribution in [3.05, 3.63) is 52.7 Å². The molecule has 1 heterocycles. The lowest BCUT2D eigenvalue weighted by Gasteiger charge is -2.06. The number of aryl methyl sites for hydroxylation is 1. The predicted molar refractivity (Wildman–Crippen MR) is 65.7 cm³/mol. The van der Waals surface area contributed by atoms with Crippen LogP contribution in [0.3, 0.4) is 0 Å². The van der Waals surface area contributed by atoms with Crippen LogP contribution >= 0.6 is 0 Å². The quantitative estimate of drug-likeness (QED) is 0.763. The molecular weight excluding hydrogens is 198 g/mol. The van der Waals surface area contributed by atoms with Crippen LogP contribution in [-0.2, 0) is 4.79 Å². The molecule has 0 spiro atoms. The van der Waals surface area contributed by atoms with E-state index in [1.807, 2.05) is 19.9 Å². The first-order valence-electron chi connectivity index (χ1n) is 5.39. The fourth-order valence-electron chi connectivity index (χ4n) is 1.90. The van der Waals surface area contributed by atoms with Gasteiger partial charge < -0.3 is 5.32 Å². The summed E-state index contributed by atoms with van der Waals surface area (Å²) in [6.07, 6.45) is 1.93. The lowest BCUT2D eigenvalue weighted by Crippen LogP contribution is -2.15. The van der Waals surface area contributed by atoms with Crippen LogP contribution in [0.1, 0.15) is 25.0 Å². The second-order valence-electron chi connectivity index (χ2n) is 4.02. The Morgan fingerprint density at radius 1 is 1.12 bits per heavy atom. The Morgan fingerprint density at radius 3 is 2.31 bits per heavy atom. The summed E-state index contributed by atoms with van der Waals surface area (Å²) in [7, 11) is 0. The molecule has 0 bridgehead atoms. The van der Waals surface area contributed by atoms with Gasteiger partial charge >= 0.3 is 0 Å². The normalized spacial score (nSPS) is 18.2. The van der Waals surface area contributed by atoms with Crippen molar-refractivity contribution in [2.24, 2.45) is 0 Å². The van der Waals surface area contributed by atoms with Gasteiger partial charge in [-0.3, -0.25) is 4.79 Å². The van der Waals surface area contributed by atoms with Gasteiger partial charge in [0.05, 0.1) is 0 Å². The summed E-state index contributed by atoms with van der Waals surface area (Å²) in [4.78, 5) is 11.6. The Balaban J connectivity index is 2.54. The van der Waals surface area contributed by atoms with Crippen LogP contribution in [0.2, 0.25) is 0 Å². The third-order valence-electron chi connectivity index (χ3n) is 2.86. The maximum absolute atomic E-state index is 11.6. The van der Waals surface area contributed by atoms with Gasteiger partial charge in [-0.25, -0.2) is 0 Å². The number of carbonyl (C=O) groups excluding carboxylic acids is 1. The smallest absolute Gasteiger partial charge is 0.252 e. The van der Waals surface area contributed by atoms with E-state index in [0.29, 0.717) is 0 Å². The lowest BCUT2D eigenvalue weighted by molar-refractivity contribution is -0.116. The minimum absolute atomic E-state index is 0.00340. The summed E-state index contributed by atoms with van der Waals surface area (Å²) in [6, 6.07) is 8.23. The number of carbonyl (C=O) groups is 1. The molecule has 16 heavy (non-hydrogen) atoms. The first-order valence-corrected chi connectivity index (χ1v) is 5.39. The molecule has 0 radical (unpaired) electrons. The molecule has 0 saturated heterocycles. The van der Waals surface area contributed by atoms with Crippen LogP contribution in [0.15, 0.2) is 41.6 Å². The van der Waals surface area contributed by atoms with E-state index in [1.54, 1.807) is 0 Å². The molecule has 1 aromatic rings. The molecule has 82 valence electrons. The highest BCUT2D eigenvalue weighted by molar-refractivity contribution is 6.11. The highest BCUT2D eigenvalue weighted by atomic mass is 16.1. The molecule has 2 nitrogen and oxygen atoms in total. The summed E-state index contributed by atoms with van der Waals surface area (Å²) in [5.74, 6) is 0.00340. The first-order chi connectivity index (χ1) is 7.63. The van der Waals surface area contributed by atoms with E-state index < -0.39 is 0 Å². The Morgan fingerprint density at radius 2 is 1.75 bits per heavy atom. The second kappa shape index (κ2) is 3.97. The molecule has 0 unspecified atom stereocenters. The number of allylic oxidation sites excluding steroid dienone is 2. The van der Waals surface area contributed by atoms with Crippen molar-refractivity contribution in [2.45, 2.75) is 20.8 Å². The summed E-state index contributed by atoms with van der Waals surface area (Å²) < 4.78 is 0. The van der Waals surface area contributed by atoms with Crippen LogP contribution in [0, 0.1) is 6.92 Å². The highest BCUT2D eigenvalue weighted by Crippen LogP contribution is 2.30. The number of benzene rings is 1. The van der Waals surface area contributed by atoms with E-state index in [-0.39, 0.29) is 5.91 Å². The van der Waals surface area contributed by atoms with Gasteiger partial charge in [0.2, 0.25) is 0 Å². The number of amides is 1. The maximum Gasteiger partial charge on any atom is 0.252 e. The number of hydrogen-bond donors (Lipinski definition) is 1. The van der Waals surface area contributed by atoms with Crippen molar-refractivity contribution >= 4 is 11.5 Å². The van der Waals surface area contributed by atoms with Crippen LogP contribution in [0.25, 0.3) is 5.57 Å². The van der Waals surface area contributed by atoms with E-state index in [4.69, 9.17) is 0 Å². The largest absolute Gasteiger partial charge is 0.322 e. The average Bonchev–Trinajstić information content (AvgIpc) is 2.57. The summed E-state index contributed by atoms with van der Waals surface area (Å²) in [5.41, 5.74) is 5.03. The van der Waals surface area contributed by atoms with Crippen LogP contribution in [0.5, 0.6) is 0 Å². The van der Waals surface area contributed by atoms with Crippen molar-refractivity contribution in [1.82, 2.24) is 5.32 Å². The highest BCUT2D eigenvalue weighted by Gasteiger charge is 2.23. The SMILES string of the molecule is C/C=C1/NC(=O)C(C)=C1c1ccc(C)cc1. The van der Waals surface area contributed by atoms with E-state index in [9.17, 15) is 4.79 Å². The van der Waals surface area contributed by atoms with Crippen molar-refractivity contribution in [3.8, 4) is 0 Å². The van der Waals surface area contributed by atoms with Crippen molar-refractivity contribution in [3.63, 3.8) is 0 Å². The number of rotatable bonds is 1. The number of nitrogens with one attached hydrogen (secondary N) is 1. The molecule has 0 saturated carbocycles. The van der Waals surface area contributed by atoms with Crippen molar-refractivity contribution in [2.75, 3.05) is 0 Å². The topological polar surface area (TPSA) is 29.1 Å². The summed E-state index contributed by atoms with van der Waals surface area (Å²) >= 11 is 0. The van der Waals surface area contributed by atoms with Gasteiger partial charge in [0.15, 0.2) is 0 Å². The van der Waals surface area contributed by atoms with Gasteiger partial charge in [0.25, 0.3) is 5.91 Å². The lowest BCUT2D eigenvalue weighted by atomic mass is 9.99. The molecule has 0 fully saturated rings. The third-order valence-corrected chi connectivity index (χ3v) is 2.86. The van der Waals surface area contributed by atoms with E-state index >= 15 is 0 Å². The summed E-state index contributed by atoms with van der Waals surface area (Å²) in [6.45, 7) is 5.85. The zero-order valence-electron chi connectivity index (χ0n) is 9.79. The van der Waals surface area contributed by atoms with E-state index in [0.717, 1.165) is 22.4 Å². The molecule has 1 N–H and O–H groups in total. The molecule has 1 aromatic carbocycles. The molecular formula is C14H15NO. The van der Waals surface area contributed by atoms with Gasteiger partial charge in [-0.2, -0.15) is 0 Å². The molecule has 0 aromatic heterocycles. The van der Waals surface area contributed by atoms with Crippen LogP contribution < -0.4 is 5.32 Å². The molecule has 1 aliphatic heterocycles. The van der Waals surface area contributed by atoms with Gasteiger partial charge in [0.1, 0.15) is 0 Å². The zero-order chi connectivity index (χ0) is 11.7. The third kappa shape index (κ3) is 1.67. The Bertz CT molecular complexity index is 492. The van der Waals surface area contributed by atoms with Gasteiger partial charge in [-0.15, -0.1) is 0 Å². The molecule has 0 aliphatic carbocycles. The van der Waals surface area contributed by atoms with E-state index in [1.165, 1.54) is 5.56 Å². The van der Waals surface area contributed by atoms with Crippen molar-refractivity contribution in [1.29, 1.82) is 0 Å². The molecule has 2 heteroatoms.